The number of nitrogens with zero attached hydrogens (tertiary/aromatic N) is 5. The number of nitrogens with two attached hydrogens (primary N) is 1. The molecule has 1 atom stereocenters. The molecule has 1 saturated carbocycles. The monoisotopic (exact) mass is 504 g/mol. The van der Waals surface area contributed by atoms with Gasteiger partial charge in [-0.05, 0) is 19.3 Å². The number of imidazole rings is 1. The molecule has 6 rings (SSSR count). The number of aromatic nitrogens is 6. The second-order valence-electron chi connectivity index (χ2n) is 9.73. The lowest BCUT2D eigenvalue weighted by Gasteiger charge is -2.23. The number of nitrogens with one attached hydrogen (secondary N) is 2. The summed E-state index contributed by atoms with van der Waals surface area (Å²) in [4.78, 5) is 46.9. The van der Waals surface area contributed by atoms with Crippen LogP contribution in [0.25, 0.3) is 17.2 Å². The number of anilines is 2. The summed E-state index contributed by atoms with van der Waals surface area (Å²) >= 11 is 5.89. The molecule has 1 aliphatic carbocycles. The van der Waals surface area contributed by atoms with E-state index in [1.807, 2.05) is 16.8 Å². The van der Waals surface area contributed by atoms with Gasteiger partial charge in [0.2, 0.25) is 5.91 Å². The average molecular weight is 505 g/mol. The average Bonchev–Trinajstić information content (AvgIpc) is 3.44. The molecule has 2 aliphatic rings. The number of nitrogen functional groups attached to an aromatic ring is 1. The minimum absolute atomic E-state index is 0.0329. The zero-order chi connectivity index (χ0) is 25.0. The molecule has 1 aliphatic heterocycles. The Bertz CT molecular complexity index is 1570. The number of halogens is 1. The Morgan fingerprint density at radius 3 is 2.78 bits per heavy atom. The first kappa shape index (κ1) is 22.7. The zero-order valence-corrected chi connectivity index (χ0v) is 20.5. The number of fused-ring (bicyclic) bond motifs is 2. The van der Waals surface area contributed by atoms with Crippen molar-refractivity contribution in [2.45, 2.75) is 50.9 Å². The van der Waals surface area contributed by atoms with Crippen LogP contribution in [0, 0.1) is 5.92 Å². The standard InChI is InChI=1S/C25H25ClN8O2/c1-25(18-10-17(35)14(26)11-29-18)19-20(27)31-21(32-22(19)33-24(25)36)16-12-34-8-7-28-23(34)15(30-16)9-13-5-3-2-4-6-13/h7-8,10-13H,2-6,9H2,1H3,(H,29,35)(H3,27,31,32,33,36)/t25-/m0/s1. The van der Waals surface area contributed by atoms with Crippen LogP contribution in [0.3, 0.4) is 0 Å². The van der Waals surface area contributed by atoms with Crippen LogP contribution >= 0.6 is 11.6 Å². The molecule has 4 aromatic rings. The Labute approximate surface area is 211 Å². The van der Waals surface area contributed by atoms with E-state index in [0.29, 0.717) is 34.5 Å². The number of carbonyl (C=O) groups is 1. The SMILES string of the molecule is C[C@@]1(c2cc(=O)c(Cl)c[nH]2)C(=O)Nc2nc(-c3cn4ccnc4c(CC4CCCCC4)n3)nc(N)c21. The van der Waals surface area contributed by atoms with Crippen molar-refractivity contribution in [2.24, 2.45) is 5.92 Å². The molecule has 0 bridgehead atoms. The summed E-state index contributed by atoms with van der Waals surface area (Å²) in [6.45, 7) is 1.67. The smallest absolute Gasteiger partial charge is 0.242 e. The van der Waals surface area contributed by atoms with E-state index in [1.54, 1.807) is 13.1 Å². The third kappa shape index (κ3) is 3.55. The summed E-state index contributed by atoms with van der Waals surface area (Å²) in [7, 11) is 0. The van der Waals surface area contributed by atoms with Gasteiger partial charge in [0.1, 0.15) is 27.8 Å². The van der Waals surface area contributed by atoms with Gasteiger partial charge in [-0.2, -0.15) is 0 Å². The maximum Gasteiger partial charge on any atom is 0.242 e. The molecule has 11 heteroatoms. The predicted octanol–water partition coefficient (Wildman–Crippen LogP) is 3.49. The lowest BCUT2D eigenvalue weighted by Crippen LogP contribution is -2.34. The van der Waals surface area contributed by atoms with Crippen molar-refractivity contribution in [3.8, 4) is 11.5 Å². The molecule has 1 fully saturated rings. The van der Waals surface area contributed by atoms with Crippen molar-refractivity contribution in [3.05, 3.63) is 63.1 Å². The number of rotatable bonds is 4. The van der Waals surface area contributed by atoms with Crippen molar-refractivity contribution >= 4 is 34.8 Å². The van der Waals surface area contributed by atoms with Crippen LogP contribution in [0.4, 0.5) is 11.6 Å². The van der Waals surface area contributed by atoms with Crippen LogP contribution < -0.4 is 16.5 Å². The molecule has 4 aromatic heterocycles. The molecule has 1 amide bonds. The van der Waals surface area contributed by atoms with Gasteiger partial charge in [-0.3, -0.25) is 9.59 Å². The van der Waals surface area contributed by atoms with Gasteiger partial charge < -0.3 is 20.4 Å². The summed E-state index contributed by atoms with van der Waals surface area (Å²) in [5.41, 5.74) is 7.77. The first-order valence-corrected chi connectivity index (χ1v) is 12.4. The van der Waals surface area contributed by atoms with Crippen LogP contribution in [0.15, 0.2) is 35.6 Å². The third-order valence-corrected chi connectivity index (χ3v) is 7.70. The molecule has 36 heavy (non-hydrogen) atoms. The van der Waals surface area contributed by atoms with Crippen LogP contribution in [-0.2, 0) is 16.6 Å². The minimum Gasteiger partial charge on any atom is -0.383 e. The van der Waals surface area contributed by atoms with Gasteiger partial charge in [0.15, 0.2) is 16.9 Å². The predicted molar refractivity (Wildman–Crippen MR) is 136 cm³/mol. The van der Waals surface area contributed by atoms with E-state index in [0.717, 1.165) is 17.8 Å². The number of aromatic amines is 1. The van der Waals surface area contributed by atoms with Gasteiger partial charge in [-0.25, -0.2) is 19.9 Å². The lowest BCUT2D eigenvalue weighted by atomic mass is 9.81. The lowest BCUT2D eigenvalue weighted by molar-refractivity contribution is -0.119. The van der Waals surface area contributed by atoms with E-state index in [-0.39, 0.29) is 16.7 Å². The number of carbonyl (C=O) groups excluding carboxylic acids is 1. The topological polar surface area (TPSA) is 144 Å². The fourth-order valence-corrected chi connectivity index (χ4v) is 5.54. The van der Waals surface area contributed by atoms with E-state index in [9.17, 15) is 9.59 Å². The van der Waals surface area contributed by atoms with Crippen LogP contribution in [0.2, 0.25) is 5.02 Å². The summed E-state index contributed by atoms with van der Waals surface area (Å²) in [5, 5.41) is 2.84. The quantitative estimate of drug-likeness (QED) is 0.385. The minimum atomic E-state index is -1.28. The molecule has 0 radical (unpaired) electrons. The van der Waals surface area contributed by atoms with Crippen LogP contribution in [0.5, 0.6) is 0 Å². The van der Waals surface area contributed by atoms with E-state index in [2.05, 4.69) is 25.3 Å². The highest BCUT2D eigenvalue weighted by Gasteiger charge is 2.48. The Morgan fingerprint density at radius 1 is 1.19 bits per heavy atom. The Morgan fingerprint density at radius 2 is 2.00 bits per heavy atom. The van der Waals surface area contributed by atoms with Crippen LogP contribution in [-0.4, -0.2) is 35.2 Å². The molecule has 0 spiro atoms. The second-order valence-corrected chi connectivity index (χ2v) is 10.1. The zero-order valence-electron chi connectivity index (χ0n) is 19.7. The van der Waals surface area contributed by atoms with E-state index < -0.39 is 10.8 Å². The van der Waals surface area contributed by atoms with Crippen molar-refractivity contribution < 1.29 is 4.79 Å². The molecule has 0 saturated heterocycles. The van der Waals surface area contributed by atoms with E-state index >= 15 is 0 Å². The molecule has 0 unspecified atom stereocenters. The maximum atomic E-state index is 13.1. The number of H-pyrrole nitrogens is 1. The van der Waals surface area contributed by atoms with Gasteiger partial charge in [0, 0.05) is 36.5 Å². The highest BCUT2D eigenvalue weighted by atomic mass is 35.5. The summed E-state index contributed by atoms with van der Waals surface area (Å²) in [6.07, 6.45) is 13.8. The highest BCUT2D eigenvalue weighted by molar-refractivity contribution is 6.30. The van der Waals surface area contributed by atoms with Gasteiger partial charge in [-0.1, -0.05) is 43.7 Å². The summed E-state index contributed by atoms with van der Waals surface area (Å²) < 4.78 is 1.93. The molecular formula is C25H25ClN8O2. The Kier molecular flexibility index (Phi) is 5.29. The first-order valence-electron chi connectivity index (χ1n) is 12.1. The molecule has 184 valence electrons. The third-order valence-electron chi connectivity index (χ3n) is 7.41. The fraction of sp³-hybridized carbons (Fsp3) is 0.360. The maximum absolute atomic E-state index is 13.1. The van der Waals surface area contributed by atoms with Gasteiger partial charge in [0.05, 0.1) is 11.3 Å². The summed E-state index contributed by atoms with van der Waals surface area (Å²) in [6, 6.07) is 1.30. The van der Waals surface area contributed by atoms with Gasteiger partial charge in [-0.15, -0.1) is 0 Å². The number of hydrogen-bond acceptors (Lipinski definition) is 7. The van der Waals surface area contributed by atoms with Gasteiger partial charge >= 0.3 is 0 Å². The highest BCUT2D eigenvalue weighted by Crippen LogP contribution is 2.44. The number of amides is 1. The molecule has 4 N–H and O–H groups in total. The normalized spacial score (nSPS) is 20.0. The van der Waals surface area contributed by atoms with Crippen molar-refractivity contribution in [1.29, 1.82) is 0 Å². The Balaban J connectivity index is 1.44. The van der Waals surface area contributed by atoms with Gasteiger partial charge in [0.25, 0.3) is 0 Å². The van der Waals surface area contributed by atoms with E-state index in [1.165, 1.54) is 44.4 Å². The van der Waals surface area contributed by atoms with Crippen molar-refractivity contribution in [3.63, 3.8) is 0 Å². The molecule has 5 heterocycles. The van der Waals surface area contributed by atoms with Crippen LogP contribution in [0.1, 0.15) is 56.0 Å². The largest absolute Gasteiger partial charge is 0.383 e. The summed E-state index contributed by atoms with van der Waals surface area (Å²) in [5.74, 6) is 0.940. The molecular weight excluding hydrogens is 480 g/mol. The molecule has 10 nitrogen and oxygen atoms in total. The first-order chi connectivity index (χ1) is 17.3. The van der Waals surface area contributed by atoms with E-state index in [4.69, 9.17) is 22.3 Å². The van der Waals surface area contributed by atoms with Crippen molar-refractivity contribution in [1.82, 2.24) is 29.3 Å². The fourth-order valence-electron chi connectivity index (χ4n) is 5.43. The van der Waals surface area contributed by atoms with Crippen molar-refractivity contribution in [2.75, 3.05) is 11.1 Å². The second kappa shape index (κ2) is 8.41. The Hall–Kier alpha value is -3.79. The number of hydrogen-bond donors (Lipinski definition) is 3. The number of pyridine rings is 1. The molecule has 0 aromatic carbocycles.